The first-order valence-corrected chi connectivity index (χ1v) is 6.41. The average Bonchev–Trinajstić information content (AvgIpc) is 2.95. The predicted molar refractivity (Wildman–Crippen MR) is 71.5 cm³/mol. The van der Waals surface area contributed by atoms with E-state index in [9.17, 15) is 9.59 Å². The molecule has 1 saturated heterocycles. The summed E-state index contributed by atoms with van der Waals surface area (Å²) in [6.45, 7) is 1.93. The van der Waals surface area contributed by atoms with E-state index in [1.54, 1.807) is 6.92 Å². The van der Waals surface area contributed by atoms with Crippen molar-refractivity contribution in [2.75, 3.05) is 20.3 Å². The minimum absolute atomic E-state index is 0.0947. The van der Waals surface area contributed by atoms with E-state index in [1.165, 1.54) is 24.1 Å². The number of carbonyl (C=O) groups is 2. The average molecular weight is 289 g/mol. The van der Waals surface area contributed by atoms with Crippen LogP contribution in [0.25, 0.3) is 0 Å². The van der Waals surface area contributed by atoms with E-state index < -0.39 is 17.9 Å². The van der Waals surface area contributed by atoms with E-state index in [1.807, 2.05) is 6.07 Å². The standard InChI is InChI=1S/C14H15N3O4/c1-8-9(5-15)3-4-11(16-8)13(18)17(2)12-7-21-6-10(12)14(19)20/h3-4,10,12H,6-7H2,1-2H3,(H,19,20). The van der Waals surface area contributed by atoms with Crippen molar-refractivity contribution in [3.05, 3.63) is 29.1 Å². The first kappa shape index (κ1) is 14.9. The zero-order chi connectivity index (χ0) is 15.6. The van der Waals surface area contributed by atoms with Crippen LogP contribution in [0.5, 0.6) is 0 Å². The molecule has 1 aromatic heterocycles. The van der Waals surface area contributed by atoms with Gasteiger partial charge in [0.05, 0.1) is 30.5 Å². The number of hydrogen-bond acceptors (Lipinski definition) is 5. The Balaban J connectivity index is 2.21. The molecular weight excluding hydrogens is 274 g/mol. The van der Waals surface area contributed by atoms with Crippen LogP contribution in [0.1, 0.15) is 21.7 Å². The van der Waals surface area contributed by atoms with Crippen molar-refractivity contribution in [2.24, 2.45) is 5.92 Å². The van der Waals surface area contributed by atoms with Gasteiger partial charge in [0.25, 0.3) is 5.91 Å². The number of nitriles is 1. The van der Waals surface area contributed by atoms with Crippen LogP contribution >= 0.6 is 0 Å². The van der Waals surface area contributed by atoms with Crippen molar-refractivity contribution >= 4 is 11.9 Å². The maximum absolute atomic E-state index is 12.4. The molecule has 1 aliphatic heterocycles. The van der Waals surface area contributed by atoms with E-state index in [0.717, 1.165) is 0 Å². The lowest BCUT2D eigenvalue weighted by Gasteiger charge is -2.26. The quantitative estimate of drug-likeness (QED) is 0.865. The minimum Gasteiger partial charge on any atom is -0.481 e. The Bertz CT molecular complexity index is 623. The third-order valence-electron chi connectivity index (χ3n) is 3.61. The molecule has 0 saturated carbocycles. The van der Waals surface area contributed by atoms with Gasteiger partial charge < -0.3 is 14.7 Å². The van der Waals surface area contributed by atoms with Gasteiger partial charge in [-0.25, -0.2) is 4.98 Å². The fourth-order valence-electron chi connectivity index (χ4n) is 2.29. The molecular formula is C14H15N3O4. The summed E-state index contributed by atoms with van der Waals surface area (Å²) in [6.07, 6.45) is 0. The number of aliphatic carboxylic acids is 1. The normalized spacial score (nSPS) is 20.8. The van der Waals surface area contributed by atoms with Crippen molar-refractivity contribution in [3.63, 3.8) is 0 Å². The lowest BCUT2D eigenvalue weighted by Crippen LogP contribution is -2.44. The molecule has 1 aliphatic rings. The Morgan fingerprint density at radius 3 is 2.76 bits per heavy atom. The van der Waals surface area contributed by atoms with Gasteiger partial charge in [-0.1, -0.05) is 0 Å². The number of carbonyl (C=O) groups excluding carboxylic acids is 1. The first-order chi connectivity index (χ1) is 9.95. The van der Waals surface area contributed by atoms with Gasteiger partial charge in [-0.05, 0) is 19.1 Å². The molecule has 1 fully saturated rings. The first-order valence-electron chi connectivity index (χ1n) is 6.41. The molecule has 1 aromatic rings. The molecule has 2 rings (SSSR count). The van der Waals surface area contributed by atoms with Crippen LogP contribution in [0.2, 0.25) is 0 Å². The summed E-state index contributed by atoms with van der Waals surface area (Å²) in [5.41, 5.74) is 1.06. The molecule has 0 bridgehead atoms. The Morgan fingerprint density at radius 2 is 2.19 bits per heavy atom. The molecule has 7 nitrogen and oxygen atoms in total. The summed E-state index contributed by atoms with van der Waals surface area (Å²) in [7, 11) is 1.53. The number of aromatic nitrogens is 1. The summed E-state index contributed by atoms with van der Waals surface area (Å²) >= 11 is 0. The second kappa shape index (κ2) is 5.89. The summed E-state index contributed by atoms with van der Waals surface area (Å²) in [5, 5.41) is 18.0. The van der Waals surface area contributed by atoms with Crippen molar-refractivity contribution < 1.29 is 19.4 Å². The molecule has 2 atom stereocenters. The number of nitrogens with zero attached hydrogens (tertiary/aromatic N) is 3. The van der Waals surface area contributed by atoms with Crippen LogP contribution in [0.15, 0.2) is 12.1 Å². The smallest absolute Gasteiger partial charge is 0.311 e. The fraction of sp³-hybridized carbons (Fsp3) is 0.429. The highest BCUT2D eigenvalue weighted by Crippen LogP contribution is 2.20. The Hall–Kier alpha value is -2.46. The Labute approximate surface area is 121 Å². The van der Waals surface area contributed by atoms with E-state index in [4.69, 9.17) is 15.1 Å². The lowest BCUT2D eigenvalue weighted by molar-refractivity contribution is -0.142. The van der Waals surface area contributed by atoms with Gasteiger partial charge in [0, 0.05) is 7.05 Å². The Morgan fingerprint density at radius 1 is 1.48 bits per heavy atom. The summed E-state index contributed by atoms with van der Waals surface area (Å²) < 4.78 is 5.16. The van der Waals surface area contributed by atoms with Gasteiger partial charge in [0.2, 0.25) is 0 Å². The molecule has 110 valence electrons. The number of rotatable bonds is 3. The van der Waals surface area contributed by atoms with Crippen LogP contribution in [0.3, 0.4) is 0 Å². The zero-order valence-electron chi connectivity index (χ0n) is 11.7. The number of pyridine rings is 1. The van der Waals surface area contributed by atoms with Gasteiger partial charge in [-0.3, -0.25) is 9.59 Å². The number of likely N-dealkylation sites (N-methyl/N-ethyl adjacent to an activating group) is 1. The molecule has 21 heavy (non-hydrogen) atoms. The number of amides is 1. The molecule has 0 aromatic carbocycles. The molecule has 1 amide bonds. The van der Waals surface area contributed by atoms with Crippen LogP contribution in [0, 0.1) is 24.2 Å². The van der Waals surface area contributed by atoms with E-state index in [-0.39, 0.29) is 24.8 Å². The minimum atomic E-state index is -0.985. The predicted octanol–water partition coefficient (Wildman–Crippen LogP) is 0.433. The fourth-order valence-corrected chi connectivity index (χ4v) is 2.29. The van der Waals surface area contributed by atoms with Gasteiger partial charge in [-0.15, -0.1) is 0 Å². The highest BCUT2D eigenvalue weighted by Gasteiger charge is 2.38. The third kappa shape index (κ3) is 2.85. The number of ether oxygens (including phenoxy) is 1. The topological polar surface area (TPSA) is 104 Å². The number of carboxylic acid groups (broad SMARTS) is 1. The van der Waals surface area contributed by atoms with E-state index in [0.29, 0.717) is 11.3 Å². The van der Waals surface area contributed by atoms with Crippen LogP contribution in [-0.4, -0.2) is 53.2 Å². The van der Waals surface area contributed by atoms with Gasteiger partial charge in [0.15, 0.2) is 0 Å². The molecule has 7 heteroatoms. The van der Waals surface area contributed by atoms with Crippen LogP contribution < -0.4 is 0 Å². The maximum atomic E-state index is 12.4. The third-order valence-corrected chi connectivity index (χ3v) is 3.61. The molecule has 0 radical (unpaired) electrons. The maximum Gasteiger partial charge on any atom is 0.311 e. The largest absolute Gasteiger partial charge is 0.481 e. The second-order valence-corrected chi connectivity index (χ2v) is 4.91. The monoisotopic (exact) mass is 289 g/mol. The van der Waals surface area contributed by atoms with Crippen molar-refractivity contribution in [2.45, 2.75) is 13.0 Å². The Kier molecular flexibility index (Phi) is 4.19. The number of carboxylic acids is 1. The second-order valence-electron chi connectivity index (χ2n) is 4.91. The molecule has 0 spiro atoms. The van der Waals surface area contributed by atoms with E-state index in [2.05, 4.69) is 4.98 Å². The van der Waals surface area contributed by atoms with Crippen molar-refractivity contribution in [1.29, 1.82) is 5.26 Å². The lowest BCUT2D eigenvalue weighted by atomic mass is 10.0. The number of aryl methyl sites for hydroxylation is 1. The molecule has 0 aliphatic carbocycles. The molecule has 2 unspecified atom stereocenters. The van der Waals surface area contributed by atoms with Gasteiger partial charge in [0.1, 0.15) is 17.7 Å². The zero-order valence-corrected chi connectivity index (χ0v) is 11.7. The van der Waals surface area contributed by atoms with Crippen molar-refractivity contribution in [1.82, 2.24) is 9.88 Å². The summed E-state index contributed by atoms with van der Waals surface area (Å²) in [4.78, 5) is 29.0. The summed E-state index contributed by atoms with van der Waals surface area (Å²) in [5.74, 6) is -2.11. The molecule has 1 N–H and O–H groups in total. The summed E-state index contributed by atoms with van der Waals surface area (Å²) in [6, 6.07) is 4.46. The SMILES string of the molecule is Cc1nc(C(=O)N(C)C2COCC2C(=O)O)ccc1C#N. The van der Waals surface area contributed by atoms with Crippen LogP contribution in [-0.2, 0) is 9.53 Å². The van der Waals surface area contributed by atoms with Crippen molar-refractivity contribution in [3.8, 4) is 6.07 Å². The van der Waals surface area contributed by atoms with E-state index >= 15 is 0 Å². The highest BCUT2D eigenvalue weighted by atomic mass is 16.5. The van der Waals surface area contributed by atoms with Gasteiger partial charge >= 0.3 is 5.97 Å². The highest BCUT2D eigenvalue weighted by molar-refractivity contribution is 5.93. The number of hydrogen-bond donors (Lipinski definition) is 1. The molecule has 2 heterocycles. The van der Waals surface area contributed by atoms with Gasteiger partial charge in [-0.2, -0.15) is 5.26 Å². The van der Waals surface area contributed by atoms with Crippen LogP contribution in [0.4, 0.5) is 0 Å².